The van der Waals surface area contributed by atoms with Crippen LogP contribution in [0.3, 0.4) is 0 Å². The third kappa shape index (κ3) is 7.32. The molecule has 0 bridgehead atoms. The Balaban J connectivity index is 1.77. The van der Waals surface area contributed by atoms with E-state index in [0.717, 1.165) is 15.6 Å². The van der Waals surface area contributed by atoms with Crippen LogP contribution >= 0.6 is 0 Å². The lowest BCUT2D eigenvalue weighted by Crippen LogP contribution is -2.39. The zero-order valence-electron chi connectivity index (χ0n) is 20.6. The monoisotopic (exact) mass is 509 g/mol. The van der Waals surface area contributed by atoms with Gasteiger partial charge in [0.2, 0.25) is 0 Å². The average molecular weight is 510 g/mol. The molecule has 0 spiro atoms. The van der Waals surface area contributed by atoms with Crippen LogP contribution in [0.1, 0.15) is 26.3 Å². The molecule has 0 fully saturated rings. The number of carbonyl (C=O) groups excluding carboxylic acids is 1. The maximum absolute atomic E-state index is 13.5. The number of carbonyl (C=O) groups is 1. The Morgan fingerprint density at radius 1 is 0.972 bits per heavy atom. The molecule has 0 aliphatic carbocycles. The van der Waals surface area contributed by atoms with E-state index in [4.69, 9.17) is 9.47 Å². The molecule has 0 heterocycles. The number of para-hydroxylation sites is 2. The van der Waals surface area contributed by atoms with Crippen molar-refractivity contribution in [3.05, 3.63) is 84.4 Å². The first-order valence-corrected chi connectivity index (χ1v) is 13.1. The third-order valence-electron chi connectivity index (χ3n) is 4.92. The minimum absolute atomic E-state index is 0.0624. The first-order valence-electron chi connectivity index (χ1n) is 11.7. The van der Waals surface area contributed by atoms with E-state index in [0.29, 0.717) is 24.9 Å². The van der Waals surface area contributed by atoms with Crippen LogP contribution in [-0.2, 0) is 14.8 Å². The molecule has 3 aromatic carbocycles. The second-order valence-electron chi connectivity index (χ2n) is 8.29. The number of rotatable bonds is 12. The Hall–Kier alpha value is -3.85. The number of nitrogens with zero attached hydrogens (tertiary/aromatic N) is 2. The molecule has 1 N–H and O–H groups in total. The molecule has 1 amide bonds. The van der Waals surface area contributed by atoms with E-state index in [1.165, 1.54) is 18.3 Å². The Kier molecular flexibility index (Phi) is 9.46. The summed E-state index contributed by atoms with van der Waals surface area (Å²) in [6.45, 7) is 6.43. The topological polar surface area (TPSA) is 97.3 Å². The van der Waals surface area contributed by atoms with Crippen molar-refractivity contribution in [1.29, 1.82) is 0 Å². The van der Waals surface area contributed by atoms with Crippen molar-refractivity contribution < 1.29 is 22.7 Å². The van der Waals surface area contributed by atoms with Crippen LogP contribution in [0.4, 0.5) is 5.69 Å². The van der Waals surface area contributed by atoms with Crippen LogP contribution in [0.15, 0.2) is 88.9 Å². The van der Waals surface area contributed by atoms with Crippen LogP contribution in [0, 0.1) is 5.92 Å². The lowest BCUT2D eigenvalue weighted by atomic mass is 10.2. The fraction of sp³-hybridized carbons (Fsp3) is 0.259. The molecular weight excluding hydrogens is 478 g/mol. The lowest BCUT2D eigenvalue weighted by molar-refractivity contribution is -0.119. The van der Waals surface area contributed by atoms with Gasteiger partial charge in [0, 0.05) is 0 Å². The van der Waals surface area contributed by atoms with E-state index < -0.39 is 22.5 Å². The Labute approximate surface area is 212 Å². The molecule has 9 heteroatoms. The van der Waals surface area contributed by atoms with E-state index in [-0.39, 0.29) is 10.6 Å². The Morgan fingerprint density at radius 2 is 1.64 bits per heavy atom. The van der Waals surface area contributed by atoms with Gasteiger partial charge < -0.3 is 9.47 Å². The summed E-state index contributed by atoms with van der Waals surface area (Å²) in [5, 5.41) is 3.99. The van der Waals surface area contributed by atoms with Gasteiger partial charge in [-0.2, -0.15) is 5.10 Å². The highest BCUT2D eigenvalue weighted by molar-refractivity contribution is 7.92. The summed E-state index contributed by atoms with van der Waals surface area (Å²) < 4.78 is 39.3. The van der Waals surface area contributed by atoms with Crippen molar-refractivity contribution in [3.63, 3.8) is 0 Å². The number of sulfonamides is 1. The third-order valence-corrected chi connectivity index (χ3v) is 6.69. The second-order valence-corrected chi connectivity index (χ2v) is 10.2. The molecule has 0 unspecified atom stereocenters. The quantitative estimate of drug-likeness (QED) is 0.287. The van der Waals surface area contributed by atoms with Crippen molar-refractivity contribution >= 4 is 27.8 Å². The minimum atomic E-state index is -4.06. The van der Waals surface area contributed by atoms with Gasteiger partial charge in [-0.15, -0.1) is 0 Å². The molecule has 3 aromatic rings. The molecule has 0 radical (unpaired) electrons. The van der Waals surface area contributed by atoms with Gasteiger partial charge in [-0.05, 0) is 66.9 Å². The number of hydrogen-bond acceptors (Lipinski definition) is 6. The highest BCUT2D eigenvalue weighted by Crippen LogP contribution is 2.32. The molecule has 0 aliphatic rings. The number of amides is 1. The Bertz CT molecular complexity index is 1260. The molecule has 36 heavy (non-hydrogen) atoms. The number of nitrogens with one attached hydrogen (secondary N) is 1. The number of anilines is 1. The van der Waals surface area contributed by atoms with E-state index in [1.54, 1.807) is 49.4 Å². The van der Waals surface area contributed by atoms with Gasteiger partial charge in [0.1, 0.15) is 18.0 Å². The van der Waals surface area contributed by atoms with Gasteiger partial charge in [0.05, 0.1) is 30.0 Å². The summed E-state index contributed by atoms with van der Waals surface area (Å²) in [7, 11) is -4.06. The summed E-state index contributed by atoms with van der Waals surface area (Å²) in [6, 6.07) is 21.9. The minimum Gasteiger partial charge on any atom is -0.493 e. The number of ether oxygens (including phenoxy) is 2. The summed E-state index contributed by atoms with van der Waals surface area (Å²) in [5.41, 5.74) is 3.43. The first-order chi connectivity index (χ1) is 17.3. The molecule has 0 saturated carbocycles. The van der Waals surface area contributed by atoms with E-state index in [9.17, 15) is 13.2 Å². The fourth-order valence-corrected chi connectivity index (χ4v) is 4.67. The largest absolute Gasteiger partial charge is 0.493 e. The van der Waals surface area contributed by atoms with E-state index in [2.05, 4.69) is 24.4 Å². The van der Waals surface area contributed by atoms with Gasteiger partial charge in [-0.1, -0.05) is 44.2 Å². The highest BCUT2D eigenvalue weighted by atomic mass is 32.2. The highest BCUT2D eigenvalue weighted by Gasteiger charge is 2.29. The molecule has 0 saturated heterocycles. The maximum Gasteiger partial charge on any atom is 0.264 e. The summed E-state index contributed by atoms with van der Waals surface area (Å²) in [4.78, 5) is 12.8. The summed E-state index contributed by atoms with van der Waals surface area (Å²) in [5.74, 6) is 0.927. The molecule has 3 rings (SSSR count). The number of hydrazone groups is 1. The van der Waals surface area contributed by atoms with Gasteiger partial charge in [-0.3, -0.25) is 9.10 Å². The Morgan fingerprint density at radius 3 is 2.31 bits per heavy atom. The van der Waals surface area contributed by atoms with Gasteiger partial charge >= 0.3 is 0 Å². The smallest absolute Gasteiger partial charge is 0.264 e. The molecule has 0 atom stereocenters. The van der Waals surface area contributed by atoms with Crippen LogP contribution < -0.4 is 19.2 Å². The maximum atomic E-state index is 13.5. The summed E-state index contributed by atoms with van der Waals surface area (Å²) >= 11 is 0. The SMILES string of the molecule is CCOc1ccccc1N(CC(=O)N/N=C\c1ccc(OCC(C)C)cc1)S(=O)(=O)c1ccccc1. The zero-order valence-corrected chi connectivity index (χ0v) is 21.4. The van der Waals surface area contributed by atoms with Crippen LogP contribution in [0.2, 0.25) is 0 Å². The number of benzene rings is 3. The average Bonchev–Trinajstić information content (AvgIpc) is 2.88. The van der Waals surface area contributed by atoms with Crippen LogP contribution in [0.5, 0.6) is 11.5 Å². The van der Waals surface area contributed by atoms with E-state index in [1.807, 2.05) is 24.3 Å². The molecule has 8 nitrogen and oxygen atoms in total. The van der Waals surface area contributed by atoms with E-state index >= 15 is 0 Å². The number of hydrogen-bond donors (Lipinski definition) is 1. The van der Waals surface area contributed by atoms with Crippen molar-refractivity contribution in [1.82, 2.24) is 5.43 Å². The normalized spacial score (nSPS) is 11.4. The zero-order chi connectivity index (χ0) is 26.0. The molecular formula is C27H31N3O5S. The van der Waals surface area contributed by atoms with Crippen molar-refractivity contribution in [2.24, 2.45) is 11.0 Å². The van der Waals surface area contributed by atoms with Crippen LogP contribution in [0.25, 0.3) is 0 Å². The van der Waals surface area contributed by atoms with Crippen LogP contribution in [-0.4, -0.2) is 40.3 Å². The van der Waals surface area contributed by atoms with Gasteiger partial charge in [0.25, 0.3) is 15.9 Å². The van der Waals surface area contributed by atoms with Gasteiger partial charge in [0.15, 0.2) is 0 Å². The standard InChI is InChI=1S/C27H31N3O5S/c1-4-34-26-13-9-8-12-25(26)30(36(32,33)24-10-6-5-7-11-24)19-27(31)29-28-18-22-14-16-23(17-15-22)35-20-21(2)3/h5-18,21H,4,19-20H2,1-3H3,(H,29,31)/b28-18-. The predicted molar refractivity (Wildman–Crippen MR) is 141 cm³/mol. The predicted octanol–water partition coefficient (Wildman–Crippen LogP) is 4.47. The molecule has 0 aliphatic heterocycles. The molecule has 0 aromatic heterocycles. The van der Waals surface area contributed by atoms with Crippen molar-refractivity contribution in [2.75, 3.05) is 24.1 Å². The molecule has 190 valence electrons. The first kappa shape index (κ1) is 26.7. The van der Waals surface area contributed by atoms with Crippen molar-refractivity contribution in [3.8, 4) is 11.5 Å². The summed E-state index contributed by atoms with van der Waals surface area (Å²) in [6.07, 6.45) is 1.48. The van der Waals surface area contributed by atoms with Gasteiger partial charge in [-0.25, -0.2) is 13.8 Å². The lowest BCUT2D eigenvalue weighted by Gasteiger charge is -2.25. The fourth-order valence-electron chi connectivity index (χ4n) is 3.22. The van der Waals surface area contributed by atoms with Crippen molar-refractivity contribution in [2.45, 2.75) is 25.7 Å². The second kappa shape index (κ2) is 12.7.